The Morgan fingerprint density at radius 1 is 0.969 bits per heavy atom. The summed E-state index contributed by atoms with van der Waals surface area (Å²) in [7, 11) is -3.77. The van der Waals surface area contributed by atoms with Gasteiger partial charge in [-0.1, -0.05) is 17.7 Å². The number of halogens is 1. The minimum Gasteiger partial charge on any atom is -0.379 e. The van der Waals surface area contributed by atoms with Crippen LogP contribution in [0.5, 0.6) is 0 Å². The minimum absolute atomic E-state index is 0.00749. The Morgan fingerprint density at radius 3 is 2.41 bits per heavy atom. The van der Waals surface area contributed by atoms with E-state index in [9.17, 15) is 18.0 Å². The van der Waals surface area contributed by atoms with Crippen LogP contribution in [0.3, 0.4) is 0 Å². The molecule has 0 saturated carbocycles. The van der Waals surface area contributed by atoms with Crippen molar-refractivity contribution >= 4 is 39.1 Å². The number of nitrogens with one attached hydrogen (secondary N) is 1. The van der Waals surface area contributed by atoms with Crippen LogP contribution in [0.4, 0.5) is 5.69 Å². The predicted octanol–water partition coefficient (Wildman–Crippen LogP) is 2.85. The smallest absolute Gasteiger partial charge is 0.257 e. The van der Waals surface area contributed by atoms with E-state index in [1.165, 1.54) is 22.5 Å². The fourth-order valence-electron chi connectivity index (χ4n) is 3.81. The standard InChI is InChI=1S/C22H24ClN3O5S/c23-20-7-6-18(32(29,30)26-10-12-31-13-11-26)15-19(20)21(27)24-17-5-3-4-16(14-17)22(28)25-8-1-2-9-25/h3-7,14-15H,1-2,8-13H2,(H,24,27). The highest BCUT2D eigenvalue weighted by atomic mass is 35.5. The Labute approximate surface area is 192 Å². The first kappa shape index (κ1) is 22.7. The summed E-state index contributed by atoms with van der Waals surface area (Å²) in [6.07, 6.45) is 1.98. The lowest BCUT2D eigenvalue weighted by molar-refractivity contribution is 0.0730. The van der Waals surface area contributed by atoms with E-state index >= 15 is 0 Å². The zero-order chi connectivity index (χ0) is 22.7. The summed E-state index contributed by atoms with van der Waals surface area (Å²) in [6, 6.07) is 10.7. The Kier molecular flexibility index (Phi) is 6.80. The molecule has 2 amide bonds. The predicted molar refractivity (Wildman–Crippen MR) is 121 cm³/mol. The molecule has 0 atom stereocenters. The minimum atomic E-state index is -3.77. The van der Waals surface area contributed by atoms with Gasteiger partial charge in [0.25, 0.3) is 11.8 Å². The number of hydrogen-bond donors (Lipinski definition) is 1. The normalized spacial score (nSPS) is 17.3. The maximum Gasteiger partial charge on any atom is 0.257 e. The van der Waals surface area contributed by atoms with Gasteiger partial charge in [0, 0.05) is 37.4 Å². The topological polar surface area (TPSA) is 96.0 Å². The fourth-order valence-corrected chi connectivity index (χ4v) is 5.44. The van der Waals surface area contributed by atoms with Gasteiger partial charge in [0.05, 0.1) is 28.7 Å². The third-order valence-electron chi connectivity index (χ3n) is 5.55. The van der Waals surface area contributed by atoms with Crippen molar-refractivity contribution < 1.29 is 22.7 Å². The number of nitrogens with zero attached hydrogens (tertiary/aromatic N) is 2. The first-order chi connectivity index (χ1) is 15.4. The molecule has 4 rings (SSSR count). The lowest BCUT2D eigenvalue weighted by Gasteiger charge is -2.26. The summed E-state index contributed by atoms with van der Waals surface area (Å²) in [6.45, 7) is 2.62. The van der Waals surface area contributed by atoms with Crippen LogP contribution in [0.25, 0.3) is 0 Å². The van der Waals surface area contributed by atoms with E-state index in [0.29, 0.717) is 24.5 Å². The van der Waals surface area contributed by atoms with Crippen molar-refractivity contribution in [3.63, 3.8) is 0 Å². The Balaban J connectivity index is 1.54. The van der Waals surface area contributed by atoms with Crippen LogP contribution < -0.4 is 5.32 Å². The largest absolute Gasteiger partial charge is 0.379 e. The maximum atomic E-state index is 12.9. The molecule has 2 aliphatic heterocycles. The quantitative estimate of drug-likeness (QED) is 0.714. The Morgan fingerprint density at radius 2 is 1.69 bits per heavy atom. The first-order valence-corrected chi connectivity index (χ1v) is 12.3. The second kappa shape index (κ2) is 9.58. The number of carbonyl (C=O) groups excluding carboxylic acids is 2. The van der Waals surface area contributed by atoms with Gasteiger partial charge in [0.1, 0.15) is 0 Å². The van der Waals surface area contributed by atoms with E-state index in [2.05, 4.69) is 5.32 Å². The van der Waals surface area contributed by atoms with Gasteiger partial charge >= 0.3 is 0 Å². The van der Waals surface area contributed by atoms with Crippen molar-refractivity contribution in [3.8, 4) is 0 Å². The van der Waals surface area contributed by atoms with Crippen LogP contribution in [0.15, 0.2) is 47.4 Å². The molecule has 0 aromatic heterocycles. The molecule has 32 heavy (non-hydrogen) atoms. The van der Waals surface area contributed by atoms with E-state index in [1.54, 1.807) is 29.2 Å². The van der Waals surface area contributed by atoms with Gasteiger partial charge in [-0.25, -0.2) is 8.42 Å². The Hall–Kier alpha value is -2.46. The maximum absolute atomic E-state index is 12.9. The van der Waals surface area contributed by atoms with Gasteiger partial charge in [0.2, 0.25) is 10.0 Å². The lowest BCUT2D eigenvalue weighted by Crippen LogP contribution is -2.40. The average molecular weight is 478 g/mol. The van der Waals surface area contributed by atoms with Crippen LogP contribution in [0.1, 0.15) is 33.6 Å². The zero-order valence-corrected chi connectivity index (χ0v) is 19.0. The number of amides is 2. The van der Waals surface area contributed by atoms with Crippen molar-refractivity contribution in [1.29, 1.82) is 0 Å². The molecule has 10 heteroatoms. The molecule has 2 saturated heterocycles. The average Bonchev–Trinajstić information content (AvgIpc) is 3.34. The number of rotatable bonds is 5. The highest BCUT2D eigenvalue weighted by Crippen LogP contribution is 2.25. The molecule has 0 aliphatic carbocycles. The third kappa shape index (κ3) is 4.80. The van der Waals surface area contributed by atoms with Crippen molar-refractivity contribution in [2.45, 2.75) is 17.7 Å². The molecule has 170 valence electrons. The Bertz CT molecular complexity index is 1130. The van der Waals surface area contributed by atoms with Crippen molar-refractivity contribution in [2.75, 3.05) is 44.7 Å². The lowest BCUT2D eigenvalue weighted by atomic mass is 10.1. The van der Waals surface area contributed by atoms with E-state index in [0.717, 1.165) is 25.9 Å². The molecular formula is C22H24ClN3O5S. The molecule has 0 bridgehead atoms. The van der Waals surface area contributed by atoms with Gasteiger partial charge in [-0.3, -0.25) is 9.59 Å². The second-order valence-corrected chi connectivity index (χ2v) is 10.0. The molecule has 2 aliphatic rings. The number of hydrogen-bond acceptors (Lipinski definition) is 5. The van der Waals surface area contributed by atoms with Gasteiger partial charge < -0.3 is 15.0 Å². The molecule has 0 spiro atoms. The molecule has 2 heterocycles. The summed E-state index contributed by atoms with van der Waals surface area (Å²) in [5, 5.41) is 2.85. The van der Waals surface area contributed by atoms with Gasteiger partial charge in [-0.15, -0.1) is 0 Å². The number of ether oxygens (including phenoxy) is 1. The van der Waals surface area contributed by atoms with Crippen molar-refractivity contribution in [3.05, 3.63) is 58.6 Å². The summed E-state index contributed by atoms with van der Waals surface area (Å²) >= 11 is 6.21. The monoisotopic (exact) mass is 477 g/mol. The number of likely N-dealkylation sites (tertiary alicyclic amines) is 1. The summed E-state index contributed by atoms with van der Waals surface area (Å²) in [5.41, 5.74) is 0.953. The number of benzene rings is 2. The van der Waals surface area contributed by atoms with Crippen LogP contribution >= 0.6 is 11.6 Å². The highest BCUT2D eigenvalue weighted by molar-refractivity contribution is 7.89. The van der Waals surface area contributed by atoms with Crippen molar-refractivity contribution in [2.24, 2.45) is 0 Å². The molecule has 0 radical (unpaired) electrons. The van der Waals surface area contributed by atoms with E-state index in [1.807, 2.05) is 0 Å². The summed E-state index contributed by atoms with van der Waals surface area (Å²) < 4.78 is 32.4. The molecule has 0 unspecified atom stereocenters. The summed E-state index contributed by atoms with van der Waals surface area (Å²) in [4.78, 5) is 27.3. The van der Waals surface area contributed by atoms with Crippen LogP contribution in [0.2, 0.25) is 5.02 Å². The van der Waals surface area contributed by atoms with Gasteiger partial charge in [-0.05, 0) is 49.2 Å². The van der Waals surface area contributed by atoms with Crippen molar-refractivity contribution in [1.82, 2.24) is 9.21 Å². The molecular weight excluding hydrogens is 454 g/mol. The van der Waals surface area contributed by atoms with E-state index in [4.69, 9.17) is 16.3 Å². The molecule has 1 N–H and O–H groups in total. The zero-order valence-electron chi connectivity index (χ0n) is 17.4. The van der Waals surface area contributed by atoms with Gasteiger partial charge in [-0.2, -0.15) is 4.31 Å². The molecule has 8 nitrogen and oxygen atoms in total. The molecule has 2 aromatic carbocycles. The highest BCUT2D eigenvalue weighted by Gasteiger charge is 2.28. The summed E-state index contributed by atoms with van der Waals surface area (Å²) in [5.74, 6) is -0.630. The van der Waals surface area contributed by atoms with Crippen LogP contribution in [-0.2, 0) is 14.8 Å². The molecule has 2 fully saturated rings. The molecule has 2 aromatic rings. The number of carbonyl (C=O) groups is 2. The van der Waals surface area contributed by atoms with Crippen LogP contribution in [0, 0.1) is 0 Å². The van der Waals surface area contributed by atoms with Crippen LogP contribution in [-0.4, -0.2) is 68.8 Å². The SMILES string of the molecule is O=C(Nc1cccc(C(=O)N2CCCC2)c1)c1cc(S(=O)(=O)N2CCOCC2)ccc1Cl. The van der Waals surface area contributed by atoms with E-state index in [-0.39, 0.29) is 34.5 Å². The van der Waals surface area contributed by atoms with E-state index < -0.39 is 15.9 Å². The number of sulfonamides is 1. The van der Waals surface area contributed by atoms with Gasteiger partial charge in [0.15, 0.2) is 0 Å². The first-order valence-electron chi connectivity index (χ1n) is 10.4. The fraction of sp³-hybridized carbons (Fsp3) is 0.364. The number of morpholine rings is 1. The third-order valence-corrected chi connectivity index (χ3v) is 7.78. The number of anilines is 1. The second-order valence-electron chi connectivity index (χ2n) is 7.69.